The second-order valence-electron chi connectivity index (χ2n) is 7.90. The highest BCUT2D eigenvalue weighted by Crippen LogP contribution is 2.34. The predicted octanol–water partition coefficient (Wildman–Crippen LogP) is 1.96. The third-order valence-electron chi connectivity index (χ3n) is 5.94. The third-order valence-corrected chi connectivity index (χ3v) is 7.83. The molecule has 0 radical (unpaired) electrons. The number of nitrogens with zero attached hydrogens (tertiary/aromatic N) is 2. The van der Waals surface area contributed by atoms with Gasteiger partial charge in [-0.15, -0.1) is 0 Å². The molecule has 34 heavy (non-hydrogen) atoms. The van der Waals surface area contributed by atoms with Crippen LogP contribution >= 0.6 is 0 Å². The molecule has 2 heterocycles. The van der Waals surface area contributed by atoms with Crippen LogP contribution in [0.25, 0.3) is 0 Å². The summed E-state index contributed by atoms with van der Waals surface area (Å²) in [5.74, 6) is 0.668. The number of anilines is 1. The lowest BCUT2D eigenvalue weighted by Crippen LogP contribution is -2.50. The van der Waals surface area contributed by atoms with Gasteiger partial charge in [0.1, 0.15) is 5.75 Å². The molecule has 1 fully saturated rings. The molecule has 1 unspecified atom stereocenters. The van der Waals surface area contributed by atoms with Crippen molar-refractivity contribution in [3.8, 4) is 17.2 Å². The van der Waals surface area contributed by atoms with Crippen molar-refractivity contribution in [3.05, 3.63) is 42.0 Å². The van der Waals surface area contributed by atoms with Gasteiger partial charge in [0.05, 0.1) is 30.4 Å². The number of carbonyl (C=O) groups is 2. The number of nitrogens with one attached hydrogen (secondary N) is 1. The van der Waals surface area contributed by atoms with E-state index in [-0.39, 0.29) is 42.9 Å². The van der Waals surface area contributed by atoms with Gasteiger partial charge in [-0.3, -0.25) is 9.59 Å². The van der Waals surface area contributed by atoms with Crippen molar-refractivity contribution in [1.82, 2.24) is 9.21 Å². The normalized spacial score (nSPS) is 18.5. The Hall–Kier alpha value is -3.31. The molecule has 0 saturated carbocycles. The van der Waals surface area contributed by atoms with E-state index in [9.17, 15) is 18.0 Å². The Bertz CT molecular complexity index is 1210. The number of ether oxygens (including phenoxy) is 3. The predicted molar refractivity (Wildman–Crippen MR) is 124 cm³/mol. The average molecular weight is 490 g/mol. The molecule has 0 aliphatic carbocycles. The van der Waals surface area contributed by atoms with Gasteiger partial charge in [0, 0.05) is 26.2 Å². The summed E-state index contributed by atoms with van der Waals surface area (Å²) < 4.78 is 44.1. The van der Waals surface area contributed by atoms with Crippen LogP contribution in [0.1, 0.15) is 23.7 Å². The fourth-order valence-corrected chi connectivity index (χ4v) is 5.51. The van der Waals surface area contributed by atoms with Crippen molar-refractivity contribution in [2.45, 2.75) is 24.3 Å². The molecule has 182 valence electrons. The second kappa shape index (κ2) is 9.51. The van der Waals surface area contributed by atoms with E-state index in [2.05, 4.69) is 5.32 Å². The molecular formula is C23H27N3O7S. The molecule has 4 rings (SSSR count). The van der Waals surface area contributed by atoms with Gasteiger partial charge in [-0.25, -0.2) is 8.42 Å². The first-order valence-electron chi connectivity index (χ1n) is 10.9. The SMILES string of the molecule is CCC1Oc2ccc(S(=O)(=O)N3CCN(C(=O)c4cccc(OC)c4OC)CC3)cc2NC1=O. The number of hydrogen-bond donors (Lipinski definition) is 1. The number of hydrogen-bond acceptors (Lipinski definition) is 7. The maximum atomic E-state index is 13.2. The van der Waals surface area contributed by atoms with Crippen LogP contribution in [0, 0.1) is 0 Å². The molecule has 10 nitrogen and oxygen atoms in total. The highest BCUT2D eigenvalue weighted by molar-refractivity contribution is 7.89. The first kappa shape index (κ1) is 23.8. The van der Waals surface area contributed by atoms with Gasteiger partial charge in [0.2, 0.25) is 10.0 Å². The van der Waals surface area contributed by atoms with Gasteiger partial charge in [-0.1, -0.05) is 13.0 Å². The third kappa shape index (κ3) is 4.28. The monoisotopic (exact) mass is 489 g/mol. The highest BCUT2D eigenvalue weighted by atomic mass is 32.2. The van der Waals surface area contributed by atoms with Crippen molar-refractivity contribution >= 4 is 27.5 Å². The summed E-state index contributed by atoms with van der Waals surface area (Å²) in [4.78, 5) is 26.8. The molecule has 1 saturated heterocycles. The molecule has 1 atom stereocenters. The first-order chi connectivity index (χ1) is 16.3. The zero-order valence-corrected chi connectivity index (χ0v) is 20.1. The number of amides is 2. The Morgan fingerprint density at radius 2 is 1.85 bits per heavy atom. The van der Waals surface area contributed by atoms with E-state index < -0.39 is 16.1 Å². The molecule has 11 heteroatoms. The summed E-state index contributed by atoms with van der Waals surface area (Å²) in [7, 11) is -0.863. The van der Waals surface area contributed by atoms with Crippen LogP contribution in [0.4, 0.5) is 5.69 Å². The van der Waals surface area contributed by atoms with Crippen LogP contribution in [0.3, 0.4) is 0 Å². The van der Waals surface area contributed by atoms with Crippen molar-refractivity contribution < 1.29 is 32.2 Å². The van der Waals surface area contributed by atoms with Gasteiger partial charge >= 0.3 is 0 Å². The van der Waals surface area contributed by atoms with E-state index in [0.717, 1.165) is 0 Å². The van der Waals surface area contributed by atoms with Gasteiger partial charge in [-0.2, -0.15) is 4.31 Å². The molecule has 0 spiro atoms. The molecule has 0 bridgehead atoms. The first-order valence-corrected chi connectivity index (χ1v) is 12.4. The lowest BCUT2D eigenvalue weighted by Gasteiger charge is -2.34. The molecule has 2 amide bonds. The second-order valence-corrected chi connectivity index (χ2v) is 9.84. The van der Waals surface area contributed by atoms with E-state index in [0.29, 0.717) is 34.9 Å². The smallest absolute Gasteiger partial charge is 0.265 e. The van der Waals surface area contributed by atoms with Crippen LogP contribution in [0.2, 0.25) is 0 Å². The number of para-hydroxylation sites is 1. The fraction of sp³-hybridized carbons (Fsp3) is 0.391. The summed E-state index contributed by atoms with van der Waals surface area (Å²) in [6, 6.07) is 9.49. The topological polar surface area (TPSA) is 114 Å². The van der Waals surface area contributed by atoms with E-state index in [4.69, 9.17) is 14.2 Å². The van der Waals surface area contributed by atoms with E-state index in [1.165, 1.54) is 30.7 Å². The Morgan fingerprint density at radius 1 is 1.12 bits per heavy atom. The van der Waals surface area contributed by atoms with Crippen LogP contribution in [0.5, 0.6) is 17.2 Å². The lowest BCUT2D eigenvalue weighted by atomic mass is 10.1. The number of methoxy groups -OCH3 is 2. The standard InChI is InChI=1S/C23H27N3O7S/c1-4-18-22(27)24-17-14-15(8-9-19(17)33-18)34(29,30)26-12-10-25(11-13-26)23(28)16-6-5-7-20(31-2)21(16)32-3/h5-9,14,18H,4,10-13H2,1-3H3,(H,24,27). The van der Waals surface area contributed by atoms with Crippen molar-refractivity contribution in [1.29, 1.82) is 0 Å². The van der Waals surface area contributed by atoms with Crippen LogP contribution in [0.15, 0.2) is 41.3 Å². The summed E-state index contributed by atoms with van der Waals surface area (Å²) in [5.41, 5.74) is 0.684. The number of sulfonamides is 1. The molecular weight excluding hydrogens is 462 g/mol. The molecule has 2 aliphatic heterocycles. The summed E-state index contributed by atoms with van der Waals surface area (Å²) in [5, 5.41) is 2.71. The fourth-order valence-electron chi connectivity index (χ4n) is 4.07. The van der Waals surface area contributed by atoms with Crippen molar-refractivity contribution in [3.63, 3.8) is 0 Å². The van der Waals surface area contributed by atoms with Gasteiger partial charge in [0.25, 0.3) is 11.8 Å². The zero-order chi connectivity index (χ0) is 24.5. The lowest BCUT2D eigenvalue weighted by molar-refractivity contribution is -0.123. The molecule has 2 aromatic rings. The van der Waals surface area contributed by atoms with E-state index in [1.54, 1.807) is 29.2 Å². The minimum Gasteiger partial charge on any atom is -0.493 e. The summed E-state index contributed by atoms with van der Waals surface area (Å²) >= 11 is 0. The minimum absolute atomic E-state index is 0.0549. The number of benzene rings is 2. The summed E-state index contributed by atoms with van der Waals surface area (Å²) in [6.45, 7) is 2.56. The Morgan fingerprint density at radius 3 is 2.50 bits per heavy atom. The van der Waals surface area contributed by atoms with Crippen molar-refractivity contribution in [2.24, 2.45) is 0 Å². The summed E-state index contributed by atoms with van der Waals surface area (Å²) in [6.07, 6.45) is -0.0838. The Labute approximate surface area is 198 Å². The van der Waals surface area contributed by atoms with Crippen LogP contribution in [-0.2, 0) is 14.8 Å². The largest absolute Gasteiger partial charge is 0.493 e. The average Bonchev–Trinajstić information content (AvgIpc) is 2.86. The quantitative estimate of drug-likeness (QED) is 0.660. The van der Waals surface area contributed by atoms with Gasteiger partial charge < -0.3 is 24.4 Å². The number of piperazine rings is 1. The number of rotatable bonds is 6. The molecule has 0 aromatic heterocycles. The van der Waals surface area contributed by atoms with Crippen molar-refractivity contribution in [2.75, 3.05) is 45.7 Å². The maximum Gasteiger partial charge on any atom is 0.265 e. The highest BCUT2D eigenvalue weighted by Gasteiger charge is 2.33. The molecule has 2 aliphatic rings. The maximum absolute atomic E-state index is 13.2. The number of carbonyl (C=O) groups excluding carboxylic acids is 2. The van der Waals surface area contributed by atoms with Crippen LogP contribution < -0.4 is 19.5 Å². The Balaban J connectivity index is 1.48. The van der Waals surface area contributed by atoms with Gasteiger partial charge in [0.15, 0.2) is 17.6 Å². The molecule has 2 aromatic carbocycles. The minimum atomic E-state index is -3.83. The van der Waals surface area contributed by atoms with E-state index >= 15 is 0 Å². The Kier molecular flexibility index (Phi) is 6.67. The molecule has 1 N–H and O–H groups in total. The zero-order valence-electron chi connectivity index (χ0n) is 19.2. The van der Waals surface area contributed by atoms with E-state index in [1.807, 2.05) is 6.92 Å². The van der Waals surface area contributed by atoms with Gasteiger partial charge in [-0.05, 0) is 36.8 Å². The van der Waals surface area contributed by atoms with Crippen LogP contribution in [-0.4, -0.2) is 75.9 Å². The number of fused-ring (bicyclic) bond motifs is 1.